The van der Waals surface area contributed by atoms with Crippen molar-refractivity contribution in [2.75, 3.05) is 13.1 Å². The lowest BCUT2D eigenvalue weighted by molar-refractivity contribution is 0.0446. The maximum Gasteiger partial charge on any atom is 0.240 e. The number of likely N-dealkylation sites (tertiary alicyclic amines) is 1. The minimum Gasteiger partial charge on any atom is -0.372 e. The van der Waals surface area contributed by atoms with Gasteiger partial charge in [0.15, 0.2) is 5.82 Å². The number of ether oxygens (including phenoxy) is 1. The third-order valence-corrected chi connectivity index (χ3v) is 4.66. The number of nitrogens with zero attached hydrogens (tertiary/aromatic N) is 4. The van der Waals surface area contributed by atoms with E-state index in [0.717, 1.165) is 48.2 Å². The summed E-state index contributed by atoms with van der Waals surface area (Å²) in [5.41, 5.74) is 1.98. The van der Waals surface area contributed by atoms with E-state index in [4.69, 9.17) is 13.8 Å². The van der Waals surface area contributed by atoms with Crippen molar-refractivity contribution in [1.29, 1.82) is 0 Å². The van der Waals surface area contributed by atoms with Crippen molar-refractivity contribution in [3.8, 4) is 0 Å². The molecule has 0 spiro atoms. The van der Waals surface area contributed by atoms with Crippen LogP contribution in [0.25, 0.3) is 0 Å². The maximum absolute atomic E-state index is 6.02. The molecule has 7 heteroatoms. The second-order valence-electron chi connectivity index (χ2n) is 6.58. The molecule has 1 saturated heterocycles. The van der Waals surface area contributed by atoms with Gasteiger partial charge in [-0.2, -0.15) is 4.98 Å². The van der Waals surface area contributed by atoms with E-state index < -0.39 is 0 Å². The Hall–Kier alpha value is -1.73. The lowest BCUT2D eigenvalue weighted by Crippen LogP contribution is -2.23. The molecule has 2 aromatic rings. The van der Waals surface area contributed by atoms with Crippen LogP contribution in [0.3, 0.4) is 0 Å². The van der Waals surface area contributed by atoms with Crippen LogP contribution in [-0.2, 0) is 17.9 Å². The summed E-state index contributed by atoms with van der Waals surface area (Å²) < 4.78 is 16.5. The fourth-order valence-electron chi connectivity index (χ4n) is 3.02. The molecule has 7 nitrogen and oxygen atoms in total. The van der Waals surface area contributed by atoms with E-state index in [-0.39, 0.29) is 6.10 Å². The lowest BCUT2D eigenvalue weighted by Gasteiger charge is -2.14. The summed E-state index contributed by atoms with van der Waals surface area (Å²) in [5, 5.41) is 8.03. The SMILES string of the molecule is Cc1noc(C)c1COC1CCN(Cc2nc(C3CC3)no2)C1. The van der Waals surface area contributed by atoms with Gasteiger partial charge < -0.3 is 13.8 Å². The van der Waals surface area contributed by atoms with Crippen molar-refractivity contribution in [3.05, 3.63) is 28.7 Å². The minimum absolute atomic E-state index is 0.231. The van der Waals surface area contributed by atoms with Crippen LogP contribution in [0.2, 0.25) is 0 Å². The van der Waals surface area contributed by atoms with Crippen LogP contribution in [0, 0.1) is 13.8 Å². The van der Waals surface area contributed by atoms with E-state index in [2.05, 4.69) is 20.2 Å². The quantitative estimate of drug-likeness (QED) is 0.809. The van der Waals surface area contributed by atoms with E-state index in [1.165, 1.54) is 12.8 Å². The van der Waals surface area contributed by atoms with Crippen LogP contribution in [0.15, 0.2) is 9.05 Å². The van der Waals surface area contributed by atoms with Gasteiger partial charge in [0.25, 0.3) is 0 Å². The summed E-state index contributed by atoms with van der Waals surface area (Å²) in [4.78, 5) is 6.80. The molecule has 1 unspecified atom stereocenters. The van der Waals surface area contributed by atoms with Crippen molar-refractivity contribution in [2.24, 2.45) is 0 Å². The highest BCUT2D eigenvalue weighted by molar-refractivity contribution is 5.19. The summed E-state index contributed by atoms with van der Waals surface area (Å²) >= 11 is 0. The molecule has 3 heterocycles. The first-order valence-electron chi connectivity index (χ1n) is 8.27. The summed E-state index contributed by atoms with van der Waals surface area (Å²) in [6.45, 7) is 7.03. The first-order chi connectivity index (χ1) is 11.2. The Bertz CT molecular complexity index is 657. The molecule has 0 bridgehead atoms. The van der Waals surface area contributed by atoms with Crippen LogP contribution >= 0.6 is 0 Å². The van der Waals surface area contributed by atoms with Gasteiger partial charge in [-0.15, -0.1) is 0 Å². The Kier molecular flexibility index (Phi) is 3.90. The lowest BCUT2D eigenvalue weighted by atomic mass is 10.2. The monoisotopic (exact) mass is 318 g/mol. The van der Waals surface area contributed by atoms with E-state index >= 15 is 0 Å². The Morgan fingerprint density at radius 3 is 2.78 bits per heavy atom. The highest BCUT2D eigenvalue weighted by Crippen LogP contribution is 2.38. The molecule has 0 N–H and O–H groups in total. The largest absolute Gasteiger partial charge is 0.372 e. The number of aromatic nitrogens is 3. The fourth-order valence-corrected chi connectivity index (χ4v) is 3.02. The number of rotatable bonds is 6. The normalized spacial score (nSPS) is 22.1. The highest BCUT2D eigenvalue weighted by atomic mass is 16.5. The van der Waals surface area contributed by atoms with Gasteiger partial charge in [-0.25, -0.2) is 0 Å². The van der Waals surface area contributed by atoms with E-state index in [9.17, 15) is 0 Å². The van der Waals surface area contributed by atoms with Crippen LogP contribution in [0.4, 0.5) is 0 Å². The average Bonchev–Trinajstić information content (AvgIpc) is 2.97. The topological polar surface area (TPSA) is 77.4 Å². The smallest absolute Gasteiger partial charge is 0.240 e. The first-order valence-corrected chi connectivity index (χ1v) is 8.27. The van der Waals surface area contributed by atoms with Crippen LogP contribution < -0.4 is 0 Å². The third kappa shape index (κ3) is 3.30. The fraction of sp³-hybridized carbons (Fsp3) is 0.688. The molecule has 4 rings (SSSR count). The molecular formula is C16H22N4O3. The Labute approximate surface area is 135 Å². The summed E-state index contributed by atoms with van der Waals surface area (Å²) in [7, 11) is 0. The predicted octanol–water partition coefficient (Wildman–Crippen LogP) is 2.34. The molecule has 2 aromatic heterocycles. The summed E-state index contributed by atoms with van der Waals surface area (Å²) in [6.07, 6.45) is 3.64. The van der Waals surface area contributed by atoms with Gasteiger partial charge in [0.1, 0.15) is 5.76 Å². The Balaban J connectivity index is 1.27. The van der Waals surface area contributed by atoms with E-state index in [1.807, 2.05) is 13.8 Å². The van der Waals surface area contributed by atoms with Crippen molar-refractivity contribution < 1.29 is 13.8 Å². The predicted molar refractivity (Wildman–Crippen MR) is 80.7 cm³/mol. The molecule has 1 aliphatic carbocycles. The van der Waals surface area contributed by atoms with Crippen molar-refractivity contribution in [1.82, 2.24) is 20.2 Å². The summed E-state index contributed by atoms with van der Waals surface area (Å²) in [5.74, 6) is 2.98. The molecule has 1 aliphatic heterocycles. The molecule has 0 amide bonds. The van der Waals surface area contributed by atoms with E-state index in [0.29, 0.717) is 19.1 Å². The average molecular weight is 318 g/mol. The maximum atomic E-state index is 6.02. The second kappa shape index (κ2) is 6.05. The molecule has 0 radical (unpaired) electrons. The molecule has 2 aliphatic rings. The van der Waals surface area contributed by atoms with Crippen LogP contribution in [-0.4, -0.2) is 39.4 Å². The molecule has 0 aromatic carbocycles. The van der Waals surface area contributed by atoms with Crippen molar-refractivity contribution in [2.45, 2.75) is 58.3 Å². The Morgan fingerprint density at radius 2 is 2.04 bits per heavy atom. The molecule has 124 valence electrons. The Morgan fingerprint density at radius 1 is 1.17 bits per heavy atom. The van der Waals surface area contributed by atoms with Gasteiger partial charge in [-0.3, -0.25) is 4.90 Å². The zero-order valence-corrected chi connectivity index (χ0v) is 13.6. The number of aryl methyl sites for hydroxylation is 2. The second-order valence-corrected chi connectivity index (χ2v) is 6.58. The summed E-state index contributed by atoms with van der Waals surface area (Å²) in [6, 6.07) is 0. The molecule has 1 saturated carbocycles. The van der Waals surface area contributed by atoms with Gasteiger partial charge in [-0.05, 0) is 33.1 Å². The van der Waals surface area contributed by atoms with Crippen LogP contribution in [0.1, 0.15) is 53.9 Å². The van der Waals surface area contributed by atoms with Crippen molar-refractivity contribution >= 4 is 0 Å². The molecule has 1 atom stereocenters. The van der Waals surface area contributed by atoms with Gasteiger partial charge in [0, 0.05) is 24.6 Å². The van der Waals surface area contributed by atoms with Gasteiger partial charge in [0.05, 0.1) is 24.9 Å². The molecular weight excluding hydrogens is 296 g/mol. The first kappa shape index (κ1) is 14.8. The number of hydrogen-bond donors (Lipinski definition) is 0. The third-order valence-electron chi connectivity index (χ3n) is 4.66. The standard InChI is InChI=1S/C16H22N4O3/c1-10-14(11(2)22-18-10)9-21-13-5-6-20(7-13)8-15-17-16(19-23-15)12-3-4-12/h12-13H,3-9H2,1-2H3. The van der Waals surface area contributed by atoms with Crippen LogP contribution in [0.5, 0.6) is 0 Å². The highest BCUT2D eigenvalue weighted by Gasteiger charge is 2.30. The molecule has 23 heavy (non-hydrogen) atoms. The van der Waals surface area contributed by atoms with Gasteiger partial charge in [0.2, 0.25) is 5.89 Å². The van der Waals surface area contributed by atoms with E-state index in [1.54, 1.807) is 0 Å². The zero-order valence-electron chi connectivity index (χ0n) is 13.6. The van der Waals surface area contributed by atoms with Gasteiger partial charge >= 0.3 is 0 Å². The van der Waals surface area contributed by atoms with Gasteiger partial charge in [-0.1, -0.05) is 10.3 Å². The number of hydrogen-bond acceptors (Lipinski definition) is 7. The molecule has 2 fully saturated rings. The zero-order chi connectivity index (χ0) is 15.8. The minimum atomic E-state index is 0.231. The van der Waals surface area contributed by atoms with Crippen molar-refractivity contribution in [3.63, 3.8) is 0 Å².